The van der Waals surface area contributed by atoms with Crippen LogP contribution in [0.4, 0.5) is 11.6 Å². The minimum Gasteiger partial charge on any atom is -0.491 e. The van der Waals surface area contributed by atoms with E-state index in [1.165, 1.54) is 17.5 Å². The van der Waals surface area contributed by atoms with Gasteiger partial charge in [0.1, 0.15) is 30.1 Å². The summed E-state index contributed by atoms with van der Waals surface area (Å²) >= 11 is 0. The summed E-state index contributed by atoms with van der Waals surface area (Å²) in [4.78, 5) is 22.9. The van der Waals surface area contributed by atoms with Crippen LogP contribution >= 0.6 is 0 Å². The standard InChI is InChI=1S/C33H46N6O5/c1-21-30(44-20-35-21)19-43-29-8-5-23-15-38(10-9-22(23)11-29)16-28(40)14-34-33(41)24-12-31(36-25-3-2-4-25)37-32(13-24)39-26-6-7-27(39)18-42-17-26/h5,8,11-13,21,25-28,30,35,40H,2-4,6-7,9-10,14-20H2,1H3,(H,34,41)(H,36,37)/t21?,26?,27?,28-,30?/m0/s1. The number of aliphatic hydroxyl groups is 1. The molecule has 1 aromatic heterocycles. The maximum absolute atomic E-state index is 13.4. The number of hydrogen-bond acceptors (Lipinski definition) is 10. The van der Waals surface area contributed by atoms with Gasteiger partial charge in [-0.2, -0.15) is 0 Å². The van der Waals surface area contributed by atoms with Gasteiger partial charge in [0, 0.05) is 43.8 Å². The summed E-state index contributed by atoms with van der Waals surface area (Å²) in [5, 5.41) is 20.7. The molecule has 5 heterocycles. The van der Waals surface area contributed by atoms with E-state index in [9.17, 15) is 9.90 Å². The minimum atomic E-state index is -0.672. The van der Waals surface area contributed by atoms with Crippen molar-refractivity contribution in [1.29, 1.82) is 0 Å². The Labute approximate surface area is 259 Å². The van der Waals surface area contributed by atoms with E-state index in [0.29, 0.717) is 56.8 Å². The Morgan fingerprint density at radius 3 is 2.75 bits per heavy atom. The van der Waals surface area contributed by atoms with Crippen molar-refractivity contribution in [3.8, 4) is 5.75 Å². The van der Waals surface area contributed by atoms with Gasteiger partial charge in [-0.05, 0) is 80.8 Å². The SMILES string of the molecule is CC1NCOC1COc1ccc2c(c1)CCN(C[C@@H](O)CNC(=O)c1cc(NC3CCC3)nc(N3C4CCC3COC4)c1)C2. The van der Waals surface area contributed by atoms with Crippen LogP contribution in [0.1, 0.15) is 60.5 Å². The Balaban J connectivity index is 0.932. The molecule has 5 aliphatic rings. The largest absolute Gasteiger partial charge is 0.491 e. The number of carbonyl (C=O) groups excluding carboxylic acids is 1. The zero-order valence-corrected chi connectivity index (χ0v) is 25.7. The molecule has 4 unspecified atom stereocenters. The second-order valence-corrected chi connectivity index (χ2v) is 13.1. The number of aliphatic hydroxyl groups excluding tert-OH is 1. The molecule has 4 N–H and O–H groups in total. The number of nitrogens with one attached hydrogen (secondary N) is 3. The number of hydrogen-bond donors (Lipinski definition) is 4. The summed E-state index contributed by atoms with van der Waals surface area (Å²) in [6.45, 7) is 6.92. The highest BCUT2D eigenvalue weighted by molar-refractivity contribution is 5.95. The van der Waals surface area contributed by atoms with Gasteiger partial charge in [0.25, 0.3) is 5.91 Å². The van der Waals surface area contributed by atoms with Crippen LogP contribution in [-0.4, -0.2) is 103 Å². The quantitative estimate of drug-likeness (QED) is 0.303. The molecule has 11 heteroatoms. The average molecular weight is 607 g/mol. The van der Waals surface area contributed by atoms with Crippen LogP contribution in [0.3, 0.4) is 0 Å². The molecule has 4 fully saturated rings. The highest BCUT2D eigenvalue weighted by Crippen LogP contribution is 2.35. The third-order valence-corrected chi connectivity index (χ3v) is 9.95. The summed E-state index contributed by atoms with van der Waals surface area (Å²) in [7, 11) is 0. The lowest BCUT2D eigenvalue weighted by molar-refractivity contribution is 0.0622. The highest BCUT2D eigenvalue weighted by Gasteiger charge is 2.38. The number of benzene rings is 1. The molecule has 0 spiro atoms. The molecule has 3 saturated heterocycles. The predicted octanol–water partition coefficient (Wildman–Crippen LogP) is 2.28. The third-order valence-electron chi connectivity index (χ3n) is 9.95. The zero-order chi connectivity index (χ0) is 30.0. The molecule has 1 amide bonds. The molecule has 4 aliphatic heterocycles. The lowest BCUT2D eigenvalue weighted by atomic mass is 9.93. The fourth-order valence-corrected chi connectivity index (χ4v) is 7.06. The molecule has 1 aliphatic carbocycles. The average Bonchev–Trinajstić information content (AvgIpc) is 3.54. The molecular weight excluding hydrogens is 560 g/mol. The molecule has 2 aromatic rings. The fourth-order valence-electron chi connectivity index (χ4n) is 7.06. The Kier molecular flexibility index (Phi) is 8.91. The molecule has 2 bridgehead atoms. The third kappa shape index (κ3) is 6.67. The van der Waals surface area contributed by atoms with Crippen molar-refractivity contribution >= 4 is 17.5 Å². The topological polar surface area (TPSA) is 120 Å². The molecular formula is C33H46N6O5. The number of aromatic nitrogens is 1. The molecule has 5 atom stereocenters. The van der Waals surface area contributed by atoms with Crippen molar-refractivity contribution in [3.05, 3.63) is 47.0 Å². The van der Waals surface area contributed by atoms with E-state index < -0.39 is 6.10 Å². The van der Waals surface area contributed by atoms with E-state index in [2.05, 4.69) is 44.8 Å². The fraction of sp³-hybridized carbons (Fsp3) is 0.636. The lowest BCUT2D eigenvalue weighted by Crippen LogP contribution is -2.46. The van der Waals surface area contributed by atoms with Crippen molar-refractivity contribution in [3.63, 3.8) is 0 Å². The Bertz CT molecular complexity index is 1310. The number of amides is 1. The summed E-state index contributed by atoms with van der Waals surface area (Å²) < 4.78 is 17.5. The Morgan fingerprint density at radius 1 is 1.16 bits per heavy atom. The van der Waals surface area contributed by atoms with Gasteiger partial charge in [0.05, 0.1) is 38.1 Å². The monoisotopic (exact) mass is 606 g/mol. The van der Waals surface area contributed by atoms with Gasteiger partial charge in [0.2, 0.25) is 0 Å². The molecule has 1 saturated carbocycles. The Morgan fingerprint density at radius 2 is 2.00 bits per heavy atom. The number of nitrogens with zero attached hydrogens (tertiary/aromatic N) is 3. The van der Waals surface area contributed by atoms with E-state index in [4.69, 9.17) is 19.2 Å². The number of anilines is 2. The van der Waals surface area contributed by atoms with Crippen LogP contribution in [-0.2, 0) is 22.4 Å². The molecule has 238 valence electrons. The first-order valence-electron chi connectivity index (χ1n) is 16.4. The van der Waals surface area contributed by atoms with Crippen LogP contribution in [0, 0.1) is 0 Å². The van der Waals surface area contributed by atoms with Crippen LogP contribution in [0.2, 0.25) is 0 Å². The number of ether oxygens (including phenoxy) is 3. The summed E-state index contributed by atoms with van der Waals surface area (Å²) in [6, 6.07) is 11.3. The van der Waals surface area contributed by atoms with Crippen molar-refractivity contribution in [2.45, 2.75) is 88.4 Å². The van der Waals surface area contributed by atoms with E-state index in [1.54, 1.807) is 0 Å². The van der Waals surface area contributed by atoms with Gasteiger partial charge < -0.3 is 34.9 Å². The first-order chi connectivity index (χ1) is 21.5. The van der Waals surface area contributed by atoms with Gasteiger partial charge in [-0.25, -0.2) is 4.98 Å². The zero-order valence-electron chi connectivity index (χ0n) is 25.7. The normalized spacial score (nSPS) is 27.5. The summed E-state index contributed by atoms with van der Waals surface area (Å²) in [5.41, 5.74) is 3.11. The predicted molar refractivity (Wildman–Crippen MR) is 167 cm³/mol. The number of pyridine rings is 1. The van der Waals surface area contributed by atoms with Gasteiger partial charge in [0.15, 0.2) is 0 Å². The summed E-state index contributed by atoms with van der Waals surface area (Å²) in [5.74, 6) is 2.28. The Hall–Kier alpha value is -2.96. The molecule has 11 nitrogen and oxygen atoms in total. The van der Waals surface area contributed by atoms with Gasteiger partial charge >= 0.3 is 0 Å². The van der Waals surface area contributed by atoms with Gasteiger partial charge in [-0.3, -0.25) is 15.0 Å². The molecule has 7 rings (SSSR count). The molecule has 0 radical (unpaired) electrons. The maximum Gasteiger partial charge on any atom is 0.251 e. The number of β-amino-alcohol motifs (C(OH)–C–C–N with tert-alkyl or cyclic N) is 1. The van der Waals surface area contributed by atoms with Crippen molar-refractivity contribution < 1.29 is 24.1 Å². The minimum absolute atomic E-state index is 0.0648. The van der Waals surface area contributed by atoms with Crippen molar-refractivity contribution in [2.24, 2.45) is 0 Å². The highest BCUT2D eigenvalue weighted by atomic mass is 16.5. The number of rotatable bonds is 11. The first-order valence-corrected chi connectivity index (χ1v) is 16.4. The smallest absolute Gasteiger partial charge is 0.251 e. The maximum atomic E-state index is 13.4. The van der Waals surface area contributed by atoms with Crippen LogP contribution in [0.25, 0.3) is 0 Å². The molecule has 1 aromatic carbocycles. The first kappa shape index (κ1) is 29.7. The van der Waals surface area contributed by atoms with Crippen LogP contribution in [0.15, 0.2) is 30.3 Å². The van der Waals surface area contributed by atoms with Gasteiger partial charge in [-0.15, -0.1) is 0 Å². The van der Waals surface area contributed by atoms with E-state index in [-0.39, 0.29) is 24.6 Å². The number of carbonyl (C=O) groups is 1. The van der Waals surface area contributed by atoms with E-state index in [1.807, 2.05) is 18.2 Å². The van der Waals surface area contributed by atoms with Crippen LogP contribution < -0.4 is 25.6 Å². The van der Waals surface area contributed by atoms with Gasteiger partial charge in [-0.1, -0.05) is 6.07 Å². The van der Waals surface area contributed by atoms with E-state index in [0.717, 1.165) is 62.6 Å². The van der Waals surface area contributed by atoms with Crippen molar-refractivity contribution in [2.75, 3.05) is 56.4 Å². The number of fused-ring (bicyclic) bond motifs is 3. The van der Waals surface area contributed by atoms with Crippen molar-refractivity contribution in [1.82, 2.24) is 20.5 Å². The lowest BCUT2D eigenvalue weighted by Gasteiger charge is -2.36. The van der Waals surface area contributed by atoms with Crippen LogP contribution in [0.5, 0.6) is 5.75 Å². The second-order valence-electron chi connectivity index (χ2n) is 13.1. The number of morpholine rings is 1. The second kappa shape index (κ2) is 13.2. The summed E-state index contributed by atoms with van der Waals surface area (Å²) in [6.07, 6.45) is 5.94. The van der Waals surface area contributed by atoms with E-state index >= 15 is 0 Å². The molecule has 44 heavy (non-hydrogen) atoms.